The largest absolute Gasteiger partial charge is 0.508 e. The van der Waals surface area contributed by atoms with E-state index in [1.807, 2.05) is 19.9 Å². The number of benzene rings is 1. The number of rotatable bonds is 5. The predicted molar refractivity (Wildman–Crippen MR) is 76.4 cm³/mol. The van der Waals surface area contributed by atoms with E-state index in [0.29, 0.717) is 13.2 Å². The minimum absolute atomic E-state index is 0.00991. The second kappa shape index (κ2) is 6.72. The second-order valence-electron chi connectivity index (χ2n) is 5.13. The maximum Gasteiger partial charge on any atom is 0.227 e. The molecule has 5 heteroatoms. The summed E-state index contributed by atoms with van der Waals surface area (Å²) in [6.45, 7) is 5.77. The summed E-state index contributed by atoms with van der Waals surface area (Å²) in [6, 6.07) is 6.88. The van der Waals surface area contributed by atoms with Gasteiger partial charge in [-0.05, 0) is 31.2 Å². The SMILES string of the molecule is CCNC1COCC1C(=O)NC(C)c1cccc(O)c1. The van der Waals surface area contributed by atoms with Gasteiger partial charge in [-0.1, -0.05) is 19.1 Å². The van der Waals surface area contributed by atoms with E-state index >= 15 is 0 Å². The summed E-state index contributed by atoms with van der Waals surface area (Å²) in [5, 5.41) is 15.7. The Labute approximate surface area is 119 Å². The van der Waals surface area contributed by atoms with Gasteiger partial charge in [0.25, 0.3) is 0 Å². The fraction of sp³-hybridized carbons (Fsp3) is 0.533. The van der Waals surface area contributed by atoms with Crippen molar-refractivity contribution in [2.24, 2.45) is 5.92 Å². The van der Waals surface area contributed by atoms with Crippen LogP contribution in [-0.4, -0.2) is 36.8 Å². The molecule has 5 nitrogen and oxygen atoms in total. The van der Waals surface area contributed by atoms with E-state index in [1.165, 1.54) is 0 Å². The summed E-state index contributed by atoms with van der Waals surface area (Å²) in [7, 11) is 0. The Kier molecular flexibility index (Phi) is 4.98. The second-order valence-corrected chi connectivity index (χ2v) is 5.13. The molecule has 20 heavy (non-hydrogen) atoms. The fourth-order valence-electron chi connectivity index (χ4n) is 2.47. The van der Waals surface area contributed by atoms with E-state index < -0.39 is 0 Å². The molecule has 0 aliphatic carbocycles. The molecule has 0 radical (unpaired) electrons. The maximum absolute atomic E-state index is 12.3. The van der Waals surface area contributed by atoms with Gasteiger partial charge in [-0.15, -0.1) is 0 Å². The average Bonchev–Trinajstić information content (AvgIpc) is 2.87. The fourth-order valence-corrected chi connectivity index (χ4v) is 2.47. The van der Waals surface area contributed by atoms with Crippen molar-refractivity contribution >= 4 is 5.91 Å². The van der Waals surface area contributed by atoms with Crippen molar-refractivity contribution in [3.8, 4) is 5.75 Å². The van der Waals surface area contributed by atoms with Gasteiger partial charge < -0.3 is 20.5 Å². The van der Waals surface area contributed by atoms with Gasteiger partial charge in [-0.2, -0.15) is 0 Å². The van der Waals surface area contributed by atoms with Crippen molar-refractivity contribution < 1.29 is 14.6 Å². The molecule has 1 amide bonds. The number of hydrogen-bond donors (Lipinski definition) is 3. The van der Waals surface area contributed by atoms with Gasteiger partial charge in [0.2, 0.25) is 5.91 Å². The number of hydrogen-bond acceptors (Lipinski definition) is 4. The highest BCUT2D eigenvalue weighted by Gasteiger charge is 2.33. The van der Waals surface area contributed by atoms with E-state index in [9.17, 15) is 9.90 Å². The standard InChI is InChI=1S/C15H22N2O3/c1-3-16-14-9-20-8-13(14)15(19)17-10(2)11-5-4-6-12(18)7-11/h4-7,10,13-14,16,18H,3,8-9H2,1-2H3,(H,17,19). The Morgan fingerprint density at radius 3 is 3.00 bits per heavy atom. The summed E-state index contributed by atoms with van der Waals surface area (Å²) < 4.78 is 5.39. The minimum Gasteiger partial charge on any atom is -0.508 e. The van der Waals surface area contributed by atoms with Crippen LogP contribution in [-0.2, 0) is 9.53 Å². The van der Waals surface area contributed by atoms with Gasteiger partial charge >= 0.3 is 0 Å². The Morgan fingerprint density at radius 2 is 2.30 bits per heavy atom. The molecule has 0 bridgehead atoms. The molecular formula is C15H22N2O3. The summed E-state index contributed by atoms with van der Waals surface area (Å²) in [5.74, 6) is 0.0392. The number of carbonyl (C=O) groups excluding carboxylic acids is 1. The number of aromatic hydroxyl groups is 1. The van der Waals surface area contributed by atoms with Crippen LogP contribution < -0.4 is 10.6 Å². The molecule has 3 unspecified atom stereocenters. The molecular weight excluding hydrogens is 256 g/mol. The number of likely N-dealkylation sites (N-methyl/N-ethyl adjacent to an activating group) is 1. The van der Waals surface area contributed by atoms with Crippen molar-refractivity contribution in [1.82, 2.24) is 10.6 Å². The number of phenols is 1. The molecule has 0 aromatic heterocycles. The maximum atomic E-state index is 12.3. The molecule has 1 aliphatic heterocycles. The van der Waals surface area contributed by atoms with Crippen molar-refractivity contribution in [2.45, 2.75) is 25.9 Å². The normalized spacial score (nSPS) is 23.5. The Hall–Kier alpha value is -1.59. The van der Waals surface area contributed by atoms with E-state index in [0.717, 1.165) is 12.1 Å². The lowest BCUT2D eigenvalue weighted by atomic mass is 10.0. The van der Waals surface area contributed by atoms with Crippen LogP contribution in [0.5, 0.6) is 5.75 Å². The van der Waals surface area contributed by atoms with Crippen LogP contribution >= 0.6 is 0 Å². The van der Waals surface area contributed by atoms with Gasteiger partial charge in [0, 0.05) is 6.04 Å². The molecule has 1 fully saturated rings. The van der Waals surface area contributed by atoms with Crippen LogP contribution in [0.25, 0.3) is 0 Å². The van der Waals surface area contributed by atoms with Gasteiger partial charge in [0.15, 0.2) is 0 Å². The van der Waals surface area contributed by atoms with E-state index in [1.54, 1.807) is 18.2 Å². The third kappa shape index (κ3) is 3.49. The van der Waals surface area contributed by atoms with Crippen LogP contribution in [0.15, 0.2) is 24.3 Å². The van der Waals surface area contributed by atoms with E-state index in [2.05, 4.69) is 10.6 Å². The Morgan fingerprint density at radius 1 is 1.50 bits per heavy atom. The topological polar surface area (TPSA) is 70.6 Å². The first-order valence-electron chi connectivity index (χ1n) is 7.02. The van der Waals surface area contributed by atoms with Gasteiger partial charge in [0.05, 0.1) is 25.2 Å². The monoisotopic (exact) mass is 278 g/mol. The number of carbonyl (C=O) groups is 1. The van der Waals surface area contributed by atoms with Crippen molar-refractivity contribution in [1.29, 1.82) is 0 Å². The van der Waals surface area contributed by atoms with Gasteiger partial charge in [-0.3, -0.25) is 4.79 Å². The molecule has 3 atom stereocenters. The highest BCUT2D eigenvalue weighted by molar-refractivity contribution is 5.80. The molecule has 1 aliphatic rings. The molecule has 0 saturated carbocycles. The number of ether oxygens (including phenoxy) is 1. The third-order valence-corrected chi connectivity index (χ3v) is 3.61. The molecule has 2 rings (SSSR count). The lowest BCUT2D eigenvalue weighted by molar-refractivity contribution is -0.126. The molecule has 1 aromatic rings. The lowest BCUT2D eigenvalue weighted by Gasteiger charge is -2.21. The van der Waals surface area contributed by atoms with Crippen LogP contribution in [0.3, 0.4) is 0 Å². The van der Waals surface area contributed by atoms with Crippen LogP contribution in [0.2, 0.25) is 0 Å². The van der Waals surface area contributed by atoms with Crippen LogP contribution in [0, 0.1) is 5.92 Å². The summed E-state index contributed by atoms with van der Waals surface area (Å²) >= 11 is 0. The quantitative estimate of drug-likeness (QED) is 0.757. The van der Waals surface area contributed by atoms with Gasteiger partial charge in [0.1, 0.15) is 5.75 Å². The molecule has 1 heterocycles. The zero-order chi connectivity index (χ0) is 14.5. The molecule has 1 aromatic carbocycles. The molecule has 110 valence electrons. The highest BCUT2D eigenvalue weighted by Crippen LogP contribution is 2.20. The predicted octanol–water partition coefficient (Wildman–Crippen LogP) is 1.19. The number of nitrogens with one attached hydrogen (secondary N) is 2. The summed E-state index contributed by atoms with van der Waals surface area (Å²) in [6.07, 6.45) is 0. The zero-order valence-electron chi connectivity index (χ0n) is 11.9. The number of phenolic OH excluding ortho intramolecular Hbond substituents is 1. The smallest absolute Gasteiger partial charge is 0.227 e. The van der Waals surface area contributed by atoms with E-state index in [-0.39, 0.29) is 29.7 Å². The molecule has 3 N–H and O–H groups in total. The molecule has 1 saturated heterocycles. The first-order valence-corrected chi connectivity index (χ1v) is 7.02. The third-order valence-electron chi connectivity index (χ3n) is 3.61. The van der Waals surface area contributed by atoms with E-state index in [4.69, 9.17) is 4.74 Å². The Balaban J connectivity index is 1.97. The van der Waals surface area contributed by atoms with Crippen molar-refractivity contribution in [3.63, 3.8) is 0 Å². The first kappa shape index (κ1) is 14.8. The average molecular weight is 278 g/mol. The summed E-state index contributed by atoms with van der Waals surface area (Å²) in [4.78, 5) is 12.3. The van der Waals surface area contributed by atoms with Crippen LogP contribution in [0.1, 0.15) is 25.5 Å². The minimum atomic E-state index is -0.158. The molecule has 0 spiro atoms. The summed E-state index contributed by atoms with van der Waals surface area (Å²) in [5.41, 5.74) is 0.886. The first-order chi connectivity index (χ1) is 9.61. The van der Waals surface area contributed by atoms with Gasteiger partial charge in [-0.25, -0.2) is 0 Å². The zero-order valence-corrected chi connectivity index (χ0v) is 11.9. The highest BCUT2D eigenvalue weighted by atomic mass is 16.5. The Bertz CT molecular complexity index is 464. The van der Waals surface area contributed by atoms with Crippen molar-refractivity contribution in [2.75, 3.05) is 19.8 Å². The van der Waals surface area contributed by atoms with Crippen molar-refractivity contribution in [3.05, 3.63) is 29.8 Å². The van der Waals surface area contributed by atoms with Crippen LogP contribution in [0.4, 0.5) is 0 Å². The lowest BCUT2D eigenvalue weighted by Crippen LogP contribution is -2.44. The number of amides is 1.